The van der Waals surface area contributed by atoms with Crippen molar-refractivity contribution in [3.05, 3.63) is 188 Å². The molecule has 1 aromatic heterocycles. The van der Waals surface area contributed by atoms with Crippen LogP contribution >= 0.6 is 0 Å². The van der Waals surface area contributed by atoms with Gasteiger partial charge in [-0.3, -0.25) is 0 Å². The molecule has 0 spiro atoms. The second-order valence-electron chi connectivity index (χ2n) is 12.3. The molecular formula is C46H30FNO. The second-order valence-corrected chi connectivity index (χ2v) is 12.3. The summed E-state index contributed by atoms with van der Waals surface area (Å²) in [5, 5.41) is 4.60. The maximum atomic E-state index is 14.0. The van der Waals surface area contributed by atoms with Gasteiger partial charge in [0.2, 0.25) is 0 Å². The molecule has 0 aliphatic carbocycles. The lowest BCUT2D eigenvalue weighted by atomic mass is 9.93. The molecule has 0 saturated carbocycles. The van der Waals surface area contributed by atoms with Crippen molar-refractivity contribution in [2.45, 2.75) is 0 Å². The quantitative estimate of drug-likeness (QED) is 0.182. The molecular weight excluding hydrogens is 602 g/mol. The van der Waals surface area contributed by atoms with Crippen LogP contribution < -0.4 is 4.90 Å². The molecule has 0 N–H and O–H groups in total. The molecule has 9 rings (SSSR count). The van der Waals surface area contributed by atoms with Crippen LogP contribution in [0.3, 0.4) is 0 Å². The van der Waals surface area contributed by atoms with Crippen molar-refractivity contribution >= 4 is 49.8 Å². The highest BCUT2D eigenvalue weighted by Gasteiger charge is 2.21. The largest absolute Gasteiger partial charge is 0.454 e. The van der Waals surface area contributed by atoms with E-state index in [4.69, 9.17) is 4.42 Å². The van der Waals surface area contributed by atoms with Gasteiger partial charge in [0.1, 0.15) is 11.4 Å². The molecule has 0 aliphatic heterocycles. The highest BCUT2D eigenvalue weighted by Crippen LogP contribution is 2.45. The summed E-state index contributed by atoms with van der Waals surface area (Å²) in [6.07, 6.45) is 0. The third-order valence-corrected chi connectivity index (χ3v) is 9.35. The van der Waals surface area contributed by atoms with E-state index >= 15 is 0 Å². The number of benzene rings is 8. The van der Waals surface area contributed by atoms with E-state index in [1.54, 1.807) is 0 Å². The van der Waals surface area contributed by atoms with Crippen LogP contribution in [0.25, 0.3) is 66.1 Å². The average Bonchev–Trinajstić information content (AvgIpc) is 3.55. The molecule has 0 fully saturated rings. The van der Waals surface area contributed by atoms with Crippen LogP contribution in [0.5, 0.6) is 0 Å². The maximum Gasteiger partial charge on any atom is 0.159 e. The number of hydrogen-bond acceptors (Lipinski definition) is 2. The fraction of sp³-hybridized carbons (Fsp3) is 0. The predicted octanol–water partition coefficient (Wildman–Crippen LogP) is 13.3. The van der Waals surface area contributed by atoms with Gasteiger partial charge in [0.05, 0.1) is 5.69 Å². The highest BCUT2D eigenvalue weighted by atomic mass is 19.1. The molecule has 1 heterocycles. The molecule has 0 bridgehead atoms. The Balaban J connectivity index is 1.26. The van der Waals surface area contributed by atoms with Crippen LogP contribution in [0.1, 0.15) is 0 Å². The SMILES string of the molecule is Fc1ccc(-c2ccc(N(c3ccc(-c4cccc5ccccc45)cc3)c3cccc4c3oc3ccccc34)cc2-c2ccccc2)cc1. The summed E-state index contributed by atoms with van der Waals surface area (Å²) in [5.74, 6) is -0.251. The minimum atomic E-state index is -0.251. The van der Waals surface area contributed by atoms with E-state index in [0.29, 0.717) is 0 Å². The van der Waals surface area contributed by atoms with Gasteiger partial charge >= 0.3 is 0 Å². The average molecular weight is 632 g/mol. The van der Waals surface area contributed by atoms with Crippen molar-refractivity contribution in [2.24, 2.45) is 0 Å². The van der Waals surface area contributed by atoms with Crippen molar-refractivity contribution in [3.8, 4) is 33.4 Å². The topological polar surface area (TPSA) is 16.4 Å². The van der Waals surface area contributed by atoms with Gasteiger partial charge < -0.3 is 9.32 Å². The van der Waals surface area contributed by atoms with Gasteiger partial charge in [0, 0.05) is 22.1 Å². The third kappa shape index (κ3) is 5.13. The fourth-order valence-electron chi connectivity index (χ4n) is 7.01. The number of rotatable bonds is 6. The monoisotopic (exact) mass is 631 g/mol. The summed E-state index contributed by atoms with van der Waals surface area (Å²) in [6, 6.07) is 61.9. The lowest BCUT2D eigenvalue weighted by Crippen LogP contribution is -2.10. The third-order valence-electron chi connectivity index (χ3n) is 9.35. The predicted molar refractivity (Wildman–Crippen MR) is 202 cm³/mol. The molecule has 9 aromatic rings. The van der Waals surface area contributed by atoms with E-state index in [-0.39, 0.29) is 5.82 Å². The van der Waals surface area contributed by atoms with Crippen molar-refractivity contribution in [1.29, 1.82) is 0 Å². The Bertz CT molecular complexity index is 2600. The molecule has 49 heavy (non-hydrogen) atoms. The van der Waals surface area contributed by atoms with E-state index < -0.39 is 0 Å². The molecule has 3 heteroatoms. The van der Waals surface area contributed by atoms with Gasteiger partial charge in [-0.05, 0) is 92.7 Å². The Hall–Kier alpha value is -6.45. The number of para-hydroxylation sites is 2. The van der Waals surface area contributed by atoms with Crippen molar-refractivity contribution < 1.29 is 8.81 Å². The van der Waals surface area contributed by atoms with Gasteiger partial charge in [0.15, 0.2) is 5.58 Å². The first-order valence-corrected chi connectivity index (χ1v) is 16.5. The van der Waals surface area contributed by atoms with Crippen LogP contribution in [0.15, 0.2) is 186 Å². The summed E-state index contributed by atoms with van der Waals surface area (Å²) in [4.78, 5) is 2.28. The van der Waals surface area contributed by atoms with E-state index in [1.165, 1.54) is 28.5 Å². The number of hydrogen-bond donors (Lipinski definition) is 0. The molecule has 2 nitrogen and oxygen atoms in total. The smallest absolute Gasteiger partial charge is 0.159 e. The van der Waals surface area contributed by atoms with Gasteiger partial charge in [0.25, 0.3) is 0 Å². The minimum Gasteiger partial charge on any atom is -0.454 e. The Morgan fingerprint density at radius 1 is 0.408 bits per heavy atom. The van der Waals surface area contributed by atoms with Crippen LogP contribution in [0.4, 0.5) is 21.5 Å². The zero-order valence-electron chi connectivity index (χ0n) is 26.6. The van der Waals surface area contributed by atoms with Gasteiger partial charge in [-0.15, -0.1) is 0 Å². The summed E-state index contributed by atoms with van der Waals surface area (Å²) in [5.41, 5.74) is 11.1. The summed E-state index contributed by atoms with van der Waals surface area (Å²) < 4.78 is 20.6. The van der Waals surface area contributed by atoms with E-state index in [0.717, 1.165) is 66.8 Å². The van der Waals surface area contributed by atoms with Gasteiger partial charge in [-0.25, -0.2) is 4.39 Å². The molecule has 0 unspecified atom stereocenters. The molecule has 0 saturated heterocycles. The van der Waals surface area contributed by atoms with Gasteiger partial charge in [-0.2, -0.15) is 0 Å². The standard InChI is InChI=1S/C46H30FNO/c47-35-24-20-33(21-25-35)40-29-28-37(30-43(40)32-10-2-1-3-11-32)48(44-18-9-17-42-41-15-6-7-19-45(41)49-46(42)44)36-26-22-34(23-27-36)39-16-8-13-31-12-4-5-14-38(31)39/h1-30H. The molecule has 8 aromatic carbocycles. The summed E-state index contributed by atoms with van der Waals surface area (Å²) in [7, 11) is 0. The summed E-state index contributed by atoms with van der Waals surface area (Å²) in [6.45, 7) is 0. The lowest BCUT2D eigenvalue weighted by molar-refractivity contribution is 0.628. The van der Waals surface area contributed by atoms with Crippen molar-refractivity contribution in [3.63, 3.8) is 0 Å². The lowest BCUT2D eigenvalue weighted by Gasteiger charge is -2.27. The number of nitrogens with zero attached hydrogens (tertiary/aromatic N) is 1. The molecule has 0 atom stereocenters. The number of halogens is 1. The number of anilines is 3. The first-order valence-electron chi connectivity index (χ1n) is 16.5. The minimum absolute atomic E-state index is 0.251. The molecule has 232 valence electrons. The van der Waals surface area contributed by atoms with Crippen molar-refractivity contribution in [2.75, 3.05) is 4.90 Å². The van der Waals surface area contributed by atoms with E-state index in [1.807, 2.05) is 36.4 Å². The van der Waals surface area contributed by atoms with Gasteiger partial charge in [-0.1, -0.05) is 133 Å². The zero-order valence-corrected chi connectivity index (χ0v) is 26.6. The Labute approximate surface area is 283 Å². The first kappa shape index (κ1) is 28.7. The molecule has 0 amide bonds. The molecule has 0 aliphatic rings. The fourth-order valence-corrected chi connectivity index (χ4v) is 7.01. The first-order chi connectivity index (χ1) is 24.2. The number of fused-ring (bicyclic) bond motifs is 4. The van der Waals surface area contributed by atoms with Crippen LogP contribution in [-0.2, 0) is 0 Å². The Morgan fingerprint density at radius 2 is 1.02 bits per heavy atom. The normalized spacial score (nSPS) is 11.4. The maximum absolute atomic E-state index is 14.0. The Kier molecular flexibility index (Phi) is 7.02. The Morgan fingerprint density at radius 3 is 1.86 bits per heavy atom. The second kappa shape index (κ2) is 12.0. The van der Waals surface area contributed by atoms with Crippen LogP contribution in [0.2, 0.25) is 0 Å². The highest BCUT2D eigenvalue weighted by molar-refractivity contribution is 6.10. The summed E-state index contributed by atoms with van der Waals surface area (Å²) >= 11 is 0. The zero-order chi connectivity index (χ0) is 32.7. The number of furan rings is 1. The van der Waals surface area contributed by atoms with Crippen LogP contribution in [-0.4, -0.2) is 0 Å². The van der Waals surface area contributed by atoms with E-state index in [9.17, 15) is 4.39 Å². The van der Waals surface area contributed by atoms with E-state index in [2.05, 4.69) is 138 Å². The van der Waals surface area contributed by atoms with Crippen molar-refractivity contribution in [1.82, 2.24) is 0 Å². The van der Waals surface area contributed by atoms with Crippen LogP contribution in [0, 0.1) is 5.82 Å². The molecule has 0 radical (unpaired) electrons.